The first-order valence-electron chi connectivity index (χ1n) is 7.21. The number of anilines is 1. The number of aryl methyl sites for hydroxylation is 1. The molecular formula is C15H13N5O4. The van der Waals surface area contributed by atoms with Crippen molar-refractivity contribution in [3.05, 3.63) is 36.1 Å². The van der Waals surface area contributed by atoms with E-state index in [1.54, 1.807) is 24.3 Å². The molecule has 0 unspecified atom stereocenters. The number of hydrogen-bond donors (Lipinski definition) is 1. The van der Waals surface area contributed by atoms with E-state index >= 15 is 0 Å². The van der Waals surface area contributed by atoms with Crippen molar-refractivity contribution < 1.29 is 18.7 Å². The highest BCUT2D eigenvalue weighted by Gasteiger charge is 2.15. The van der Waals surface area contributed by atoms with Gasteiger partial charge in [-0.25, -0.2) is 0 Å². The number of hydrogen-bond acceptors (Lipinski definition) is 7. The van der Waals surface area contributed by atoms with Crippen LogP contribution in [0.25, 0.3) is 11.6 Å². The van der Waals surface area contributed by atoms with Crippen LogP contribution in [0.2, 0.25) is 0 Å². The molecule has 3 heterocycles. The molecule has 0 radical (unpaired) electrons. The van der Waals surface area contributed by atoms with Gasteiger partial charge in [0.2, 0.25) is 18.5 Å². The second kappa shape index (κ2) is 5.69. The SMILES string of the molecule is Cc1ccc(-c2nnn(CC(=O)Nc3ccc4c(c3)OCO4)n2)o1. The molecule has 1 amide bonds. The first-order chi connectivity index (χ1) is 11.7. The monoisotopic (exact) mass is 327 g/mol. The molecule has 1 aliphatic rings. The summed E-state index contributed by atoms with van der Waals surface area (Å²) < 4.78 is 15.9. The maximum atomic E-state index is 12.1. The molecule has 1 aromatic carbocycles. The van der Waals surface area contributed by atoms with Crippen LogP contribution in [0.5, 0.6) is 11.5 Å². The first kappa shape index (κ1) is 14.2. The highest BCUT2D eigenvalue weighted by Crippen LogP contribution is 2.34. The average Bonchev–Trinajstić information content (AvgIpc) is 3.27. The molecule has 0 fully saturated rings. The van der Waals surface area contributed by atoms with Gasteiger partial charge in [-0.3, -0.25) is 4.79 Å². The molecule has 122 valence electrons. The van der Waals surface area contributed by atoms with Gasteiger partial charge < -0.3 is 19.2 Å². The summed E-state index contributed by atoms with van der Waals surface area (Å²) >= 11 is 0. The molecular weight excluding hydrogens is 314 g/mol. The molecule has 3 aromatic rings. The number of aromatic nitrogens is 4. The van der Waals surface area contributed by atoms with Gasteiger partial charge in [0.05, 0.1) is 0 Å². The molecule has 0 spiro atoms. The van der Waals surface area contributed by atoms with E-state index in [4.69, 9.17) is 13.9 Å². The average molecular weight is 327 g/mol. The Kier molecular flexibility index (Phi) is 3.38. The van der Waals surface area contributed by atoms with Crippen LogP contribution in [0.3, 0.4) is 0 Å². The van der Waals surface area contributed by atoms with Gasteiger partial charge in [0.1, 0.15) is 12.3 Å². The van der Waals surface area contributed by atoms with Crippen LogP contribution in [-0.2, 0) is 11.3 Å². The minimum Gasteiger partial charge on any atom is -0.458 e. The molecule has 4 rings (SSSR count). The maximum Gasteiger partial charge on any atom is 0.248 e. The van der Waals surface area contributed by atoms with Gasteiger partial charge in [-0.1, -0.05) is 0 Å². The number of carbonyl (C=O) groups is 1. The van der Waals surface area contributed by atoms with E-state index in [0.29, 0.717) is 28.8 Å². The van der Waals surface area contributed by atoms with Gasteiger partial charge in [0.15, 0.2) is 17.3 Å². The number of benzene rings is 1. The molecule has 0 bridgehead atoms. The summed E-state index contributed by atoms with van der Waals surface area (Å²) in [5.41, 5.74) is 0.603. The topological polar surface area (TPSA) is 104 Å². The number of fused-ring (bicyclic) bond motifs is 1. The number of nitrogens with zero attached hydrogens (tertiary/aromatic N) is 4. The fraction of sp³-hybridized carbons (Fsp3) is 0.200. The molecule has 0 saturated heterocycles. The quantitative estimate of drug-likeness (QED) is 0.776. The molecule has 0 saturated carbocycles. The zero-order valence-corrected chi connectivity index (χ0v) is 12.7. The van der Waals surface area contributed by atoms with Crippen LogP contribution in [0.15, 0.2) is 34.7 Å². The van der Waals surface area contributed by atoms with Gasteiger partial charge in [-0.05, 0) is 36.4 Å². The van der Waals surface area contributed by atoms with Gasteiger partial charge >= 0.3 is 0 Å². The van der Waals surface area contributed by atoms with Crippen molar-refractivity contribution in [2.45, 2.75) is 13.5 Å². The Labute approximate surface area is 136 Å². The van der Waals surface area contributed by atoms with Gasteiger partial charge in [-0.2, -0.15) is 4.80 Å². The third-order valence-corrected chi connectivity index (χ3v) is 3.35. The molecule has 0 aliphatic carbocycles. The number of amides is 1. The summed E-state index contributed by atoms with van der Waals surface area (Å²) in [4.78, 5) is 13.3. The zero-order valence-electron chi connectivity index (χ0n) is 12.7. The van der Waals surface area contributed by atoms with E-state index < -0.39 is 0 Å². The number of ether oxygens (including phenoxy) is 2. The molecule has 1 aliphatic heterocycles. The first-order valence-corrected chi connectivity index (χ1v) is 7.21. The van der Waals surface area contributed by atoms with E-state index in [-0.39, 0.29) is 19.2 Å². The summed E-state index contributed by atoms with van der Waals surface area (Å²) in [6, 6.07) is 8.73. The third kappa shape index (κ3) is 2.78. The summed E-state index contributed by atoms with van der Waals surface area (Å²) in [5.74, 6) is 2.57. The van der Waals surface area contributed by atoms with E-state index in [0.717, 1.165) is 5.76 Å². The Hall–Kier alpha value is -3.36. The van der Waals surface area contributed by atoms with Crippen LogP contribution in [0.1, 0.15) is 5.76 Å². The van der Waals surface area contributed by atoms with E-state index in [1.165, 1.54) is 4.80 Å². The van der Waals surface area contributed by atoms with Gasteiger partial charge in [0, 0.05) is 11.8 Å². The smallest absolute Gasteiger partial charge is 0.248 e. The molecule has 2 aromatic heterocycles. The van der Waals surface area contributed by atoms with E-state index in [2.05, 4.69) is 20.7 Å². The van der Waals surface area contributed by atoms with E-state index in [1.807, 2.05) is 13.0 Å². The van der Waals surface area contributed by atoms with E-state index in [9.17, 15) is 4.79 Å². The zero-order chi connectivity index (χ0) is 16.5. The Morgan fingerprint density at radius 3 is 2.96 bits per heavy atom. The Morgan fingerprint density at radius 1 is 1.25 bits per heavy atom. The summed E-state index contributed by atoms with van der Waals surface area (Å²) in [7, 11) is 0. The number of furan rings is 1. The Bertz CT molecular complexity index is 901. The lowest BCUT2D eigenvalue weighted by Crippen LogP contribution is -2.20. The number of rotatable bonds is 4. The molecule has 9 heteroatoms. The molecule has 24 heavy (non-hydrogen) atoms. The normalized spacial score (nSPS) is 12.4. The van der Waals surface area contributed by atoms with Gasteiger partial charge in [0.25, 0.3) is 0 Å². The second-order valence-corrected chi connectivity index (χ2v) is 5.17. The second-order valence-electron chi connectivity index (χ2n) is 5.17. The maximum absolute atomic E-state index is 12.1. The van der Waals surface area contributed by atoms with Crippen molar-refractivity contribution in [3.8, 4) is 23.1 Å². The standard InChI is InChI=1S/C15H13N5O4/c1-9-2-4-12(24-9)15-17-19-20(18-15)7-14(21)16-10-3-5-11-13(6-10)23-8-22-11/h2-6H,7-8H2,1H3,(H,16,21). The van der Waals surface area contributed by atoms with Crippen LogP contribution < -0.4 is 14.8 Å². The van der Waals surface area contributed by atoms with Crippen LogP contribution >= 0.6 is 0 Å². The largest absolute Gasteiger partial charge is 0.458 e. The lowest BCUT2D eigenvalue weighted by Gasteiger charge is -2.05. The third-order valence-electron chi connectivity index (χ3n) is 3.35. The minimum atomic E-state index is -0.284. The number of nitrogens with one attached hydrogen (secondary N) is 1. The van der Waals surface area contributed by atoms with Crippen LogP contribution in [0.4, 0.5) is 5.69 Å². The predicted octanol–water partition coefficient (Wildman–Crippen LogP) is 1.61. The van der Waals surface area contributed by atoms with Crippen LogP contribution in [-0.4, -0.2) is 32.9 Å². The minimum absolute atomic E-state index is 0.0683. The summed E-state index contributed by atoms with van der Waals surface area (Å²) in [5, 5.41) is 14.6. The lowest BCUT2D eigenvalue weighted by molar-refractivity contribution is -0.117. The van der Waals surface area contributed by atoms with Crippen molar-refractivity contribution in [1.29, 1.82) is 0 Å². The summed E-state index contributed by atoms with van der Waals surface area (Å²) in [6.45, 7) is 1.94. The molecule has 0 atom stereocenters. The lowest BCUT2D eigenvalue weighted by atomic mass is 10.3. The van der Waals surface area contributed by atoms with Crippen LogP contribution in [0, 0.1) is 6.92 Å². The number of carbonyl (C=O) groups excluding carboxylic acids is 1. The van der Waals surface area contributed by atoms with Crippen molar-refractivity contribution in [2.24, 2.45) is 0 Å². The highest BCUT2D eigenvalue weighted by atomic mass is 16.7. The number of tetrazole rings is 1. The predicted molar refractivity (Wildman–Crippen MR) is 81.5 cm³/mol. The fourth-order valence-electron chi connectivity index (χ4n) is 2.27. The highest BCUT2D eigenvalue weighted by molar-refractivity contribution is 5.90. The van der Waals surface area contributed by atoms with Crippen molar-refractivity contribution in [3.63, 3.8) is 0 Å². The Morgan fingerprint density at radius 2 is 2.12 bits per heavy atom. The van der Waals surface area contributed by atoms with Gasteiger partial charge in [-0.15, -0.1) is 10.2 Å². The summed E-state index contributed by atoms with van der Waals surface area (Å²) in [6.07, 6.45) is 0. The molecule has 1 N–H and O–H groups in total. The molecule has 9 nitrogen and oxygen atoms in total. The van der Waals surface area contributed by atoms with Crippen molar-refractivity contribution >= 4 is 11.6 Å². The van der Waals surface area contributed by atoms with Crippen molar-refractivity contribution in [2.75, 3.05) is 12.1 Å². The van der Waals surface area contributed by atoms with Crippen molar-refractivity contribution in [1.82, 2.24) is 20.2 Å². The Balaban J connectivity index is 1.42. The fourth-order valence-corrected chi connectivity index (χ4v) is 2.27.